The van der Waals surface area contributed by atoms with E-state index in [4.69, 9.17) is 16.7 Å². The maximum Gasteiger partial charge on any atom is 0.336 e. The Bertz CT molecular complexity index is 608. The van der Waals surface area contributed by atoms with E-state index in [2.05, 4.69) is 4.98 Å². The van der Waals surface area contributed by atoms with E-state index < -0.39 is 11.8 Å². The van der Waals surface area contributed by atoms with Gasteiger partial charge in [0, 0.05) is 23.0 Å². The molecule has 2 aromatic rings. The Morgan fingerprint density at radius 2 is 1.72 bits per heavy atom. The van der Waals surface area contributed by atoms with Gasteiger partial charge in [-0.3, -0.25) is 9.78 Å². The van der Waals surface area contributed by atoms with Crippen LogP contribution in [-0.2, 0) is 0 Å². The fraction of sp³-hybridized carbons (Fsp3) is 0. The number of nitrogens with zero attached hydrogens (tertiary/aromatic N) is 1. The molecule has 1 aromatic carbocycles. The third-order valence-corrected chi connectivity index (χ3v) is 2.65. The summed E-state index contributed by atoms with van der Waals surface area (Å²) in [5, 5.41) is 9.51. The van der Waals surface area contributed by atoms with Gasteiger partial charge in [0.05, 0.1) is 11.1 Å². The summed E-state index contributed by atoms with van der Waals surface area (Å²) in [6, 6.07) is 7.54. The second-order valence-corrected chi connectivity index (χ2v) is 4.00. The predicted molar refractivity (Wildman–Crippen MR) is 66.1 cm³/mol. The molecule has 0 aliphatic heterocycles. The van der Waals surface area contributed by atoms with Gasteiger partial charge in [-0.25, -0.2) is 4.79 Å². The number of carboxylic acids is 1. The van der Waals surface area contributed by atoms with Crippen LogP contribution in [0.3, 0.4) is 0 Å². The highest BCUT2D eigenvalue weighted by molar-refractivity contribution is 6.30. The van der Waals surface area contributed by atoms with Crippen LogP contribution in [0.25, 0.3) is 0 Å². The van der Waals surface area contributed by atoms with Crippen molar-refractivity contribution in [2.24, 2.45) is 0 Å². The highest BCUT2D eigenvalue weighted by Gasteiger charge is 2.17. The first-order valence-electron chi connectivity index (χ1n) is 5.07. The maximum atomic E-state index is 12.1. The quantitative estimate of drug-likeness (QED) is 0.863. The number of hydrogen-bond donors (Lipinski definition) is 1. The Morgan fingerprint density at radius 3 is 2.33 bits per heavy atom. The molecule has 0 atom stereocenters. The molecule has 0 spiro atoms. The van der Waals surface area contributed by atoms with Crippen molar-refractivity contribution in [3.05, 3.63) is 64.4 Å². The van der Waals surface area contributed by atoms with Crippen LogP contribution < -0.4 is 0 Å². The monoisotopic (exact) mass is 261 g/mol. The summed E-state index contributed by atoms with van der Waals surface area (Å²) < 4.78 is 0. The summed E-state index contributed by atoms with van der Waals surface area (Å²) in [4.78, 5) is 26.9. The zero-order valence-electron chi connectivity index (χ0n) is 9.13. The van der Waals surface area contributed by atoms with Crippen LogP contribution >= 0.6 is 11.6 Å². The molecular formula is C13H8ClNO3. The number of pyridine rings is 1. The molecule has 90 valence electrons. The van der Waals surface area contributed by atoms with E-state index in [1.54, 1.807) is 24.3 Å². The zero-order valence-corrected chi connectivity index (χ0v) is 9.89. The molecule has 1 N–H and O–H groups in total. The van der Waals surface area contributed by atoms with Crippen molar-refractivity contribution < 1.29 is 14.7 Å². The van der Waals surface area contributed by atoms with Gasteiger partial charge >= 0.3 is 5.97 Å². The van der Waals surface area contributed by atoms with Gasteiger partial charge in [-0.05, 0) is 30.3 Å². The highest BCUT2D eigenvalue weighted by atomic mass is 35.5. The van der Waals surface area contributed by atoms with Gasteiger partial charge in [-0.15, -0.1) is 0 Å². The lowest BCUT2D eigenvalue weighted by Crippen LogP contribution is -2.10. The van der Waals surface area contributed by atoms with Crippen molar-refractivity contribution in [1.29, 1.82) is 0 Å². The van der Waals surface area contributed by atoms with Crippen LogP contribution in [0.5, 0.6) is 0 Å². The number of aromatic nitrogens is 1. The average molecular weight is 262 g/mol. The molecule has 18 heavy (non-hydrogen) atoms. The van der Waals surface area contributed by atoms with E-state index in [9.17, 15) is 9.59 Å². The Morgan fingerprint density at radius 1 is 1.06 bits per heavy atom. The first-order chi connectivity index (χ1) is 8.59. The van der Waals surface area contributed by atoms with E-state index >= 15 is 0 Å². The molecule has 5 heteroatoms. The Kier molecular flexibility index (Phi) is 3.39. The molecule has 0 bridgehead atoms. The van der Waals surface area contributed by atoms with Crippen LogP contribution in [0.1, 0.15) is 26.3 Å². The SMILES string of the molecule is O=C(O)c1ccncc1C(=O)c1ccc(Cl)cc1. The van der Waals surface area contributed by atoms with Gasteiger partial charge < -0.3 is 5.11 Å². The summed E-state index contributed by atoms with van der Waals surface area (Å²) in [5.41, 5.74) is 0.368. The van der Waals surface area contributed by atoms with Crippen molar-refractivity contribution in [2.45, 2.75) is 0 Å². The van der Waals surface area contributed by atoms with E-state index in [0.717, 1.165) is 0 Å². The number of halogens is 1. The number of carbonyl (C=O) groups excluding carboxylic acids is 1. The lowest BCUT2D eigenvalue weighted by molar-refractivity contribution is 0.0692. The number of aromatic carboxylic acids is 1. The number of benzene rings is 1. The van der Waals surface area contributed by atoms with E-state index in [1.165, 1.54) is 18.5 Å². The van der Waals surface area contributed by atoms with Gasteiger partial charge in [0.15, 0.2) is 5.78 Å². The van der Waals surface area contributed by atoms with Gasteiger partial charge in [0.2, 0.25) is 0 Å². The van der Waals surface area contributed by atoms with Crippen LogP contribution in [-0.4, -0.2) is 21.8 Å². The maximum absolute atomic E-state index is 12.1. The molecule has 0 aliphatic rings. The number of carbonyl (C=O) groups is 2. The van der Waals surface area contributed by atoms with Crippen molar-refractivity contribution in [1.82, 2.24) is 4.98 Å². The summed E-state index contributed by atoms with van der Waals surface area (Å²) in [7, 11) is 0. The van der Waals surface area contributed by atoms with E-state index in [1.807, 2.05) is 0 Å². The molecule has 0 fully saturated rings. The minimum atomic E-state index is -1.16. The molecule has 0 saturated heterocycles. The van der Waals surface area contributed by atoms with Crippen molar-refractivity contribution in [2.75, 3.05) is 0 Å². The van der Waals surface area contributed by atoms with Gasteiger partial charge in [-0.1, -0.05) is 11.6 Å². The summed E-state index contributed by atoms with van der Waals surface area (Å²) >= 11 is 5.73. The van der Waals surface area contributed by atoms with Crippen molar-refractivity contribution in [3.8, 4) is 0 Å². The summed E-state index contributed by atoms with van der Waals surface area (Å²) in [6.07, 6.45) is 2.59. The van der Waals surface area contributed by atoms with Gasteiger partial charge in [-0.2, -0.15) is 0 Å². The third kappa shape index (κ3) is 2.38. The van der Waals surface area contributed by atoms with Gasteiger partial charge in [0.1, 0.15) is 0 Å². The molecule has 1 heterocycles. The number of ketones is 1. The second-order valence-electron chi connectivity index (χ2n) is 3.56. The number of hydrogen-bond acceptors (Lipinski definition) is 3. The topological polar surface area (TPSA) is 67.3 Å². The fourth-order valence-corrected chi connectivity index (χ4v) is 1.64. The summed E-state index contributed by atoms with van der Waals surface area (Å²) in [5.74, 6) is -1.55. The highest BCUT2D eigenvalue weighted by Crippen LogP contribution is 2.16. The van der Waals surface area contributed by atoms with Crippen LogP contribution in [0.2, 0.25) is 5.02 Å². The fourth-order valence-electron chi connectivity index (χ4n) is 1.52. The minimum absolute atomic E-state index is 0.0623. The lowest BCUT2D eigenvalue weighted by Gasteiger charge is -2.04. The zero-order chi connectivity index (χ0) is 13.1. The molecule has 0 amide bonds. The minimum Gasteiger partial charge on any atom is -0.478 e. The third-order valence-electron chi connectivity index (χ3n) is 2.40. The smallest absolute Gasteiger partial charge is 0.336 e. The predicted octanol–water partition coefficient (Wildman–Crippen LogP) is 2.66. The van der Waals surface area contributed by atoms with Crippen molar-refractivity contribution >= 4 is 23.4 Å². The molecule has 4 nitrogen and oxygen atoms in total. The molecule has 0 unspecified atom stereocenters. The molecule has 0 saturated carbocycles. The molecule has 0 aliphatic carbocycles. The molecule has 0 radical (unpaired) electrons. The number of rotatable bonds is 3. The van der Waals surface area contributed by atoms with Crippen molar-refractivity contribution in [3.63, 3.8) is 0 Å². The Labute approximate surface area is 108 Å². The first-order valence-corrected chi connectivity index (χ1v) is 5.45. The average Bonchev–Trinajstić information content (AvgIpc) is 2.39. The second kappa shape index (κ2) is 4.98. The van der Waals surface area contributed by atoms with E-state index in [0.29, 0.717) is 10.6 Å². The number of carboxylic acid groups (broad SMARTS) is 1. The van der Waals surface area contributed by atoms with Crippen LogP contribution in [0.15, 0.2) is 42.7 Å². The Balaban J connectivity index is 2.46. The molecular weight excluding hydrogens is 254 g/mol. The van der Waals surface area contributed by atoms with Crippen LogP contribution in [0.4, 0.5) is 0 Å². The first kappa shape index (κ1) is 12.3. The molecule has 1 aromatic heterocycles. The largest absolute Gasteiger partial charge is 0.478 e. The van der Waals surface area contributed by atoms with Gasteiger partial charge in [0.25, 0.3) is 0 Å². The standard InChI is InChI=1S/C13H8ClNO3/c14-9-3-1-8(2-4-9)12(16)11-7-15-6-5-10(11)13(17)18/h1-7H,(H,17,18). The molecule has 2 rings (SSSR count). The lowest BCUT2D eigenvalue weighted by atomic mass is 10.0. The van der Waals surface area contributed by atoms with E-state index in [-0.39, 0.29) is 11.1 Å². The van der Waals surface area contributed by atoms with Crippen LogP contribution in [0, 0.1) is 0 Å². The Hall–Kier alpha value is -2.20. The summed E-state index contributed by atoms with van der Waals surface area (Å²) in [6.45, 7) is 0. The normalized spacial score (nSPS) is 10.1.